The Morgan fingerprint density at radius 2 is 0.964 bits per heavy atom. The van der Waals surface area contributed by atoms with Crippen LogP contribution in [0.2, 0.25) is 0 Å². The van der Waals surface area contributed by atoms with Crippen molar-refractivity contribution in [2.75, 3.05) is 111 Å². The first-order valence-electron chi connectivity index (χ1n) is 39.2. The molecule has 3 saturated carbocycles. The van der Waals surface area contributed by atoms with Gasteiger partial charge in [-0.1, -0.05) is 114 Å². The Kier molecular flexibility index (Phi) is 30.9. The number of rotatable bonds is 16. The Morgan fingerprint density at radius 3 is 1.31 bits per heavy atom. The molecule has 3 heterocycles. The third kappa shape index (κ3) is 22.0. The molecule has 6 bridgehead atoms. The molecule has 3 aliphatic heterocycles. The molecule has 593 valence electrons. The van der Waals surface area contributed by atoms with E-state index in [9.17, 15) is 19.2 Å². The number of likely N-dealkylation sites (tertiary alicyclic amines) is 3. The van der Waals surface area contributed by atoms with E-state index < -0.39 is 30.4 Å². The Bertz CT molecular complexity index is 4250. The van der Waals surface area contributed by atoms with Crippen LogP contribution >= 0.6 is 24.4 Å². The van der Waals surface area contributed by atoms with Crippen molar-refractivity contribution in [2.45, 2.75) is 171 Å². The number of benzene rings is 6. The van der Waals surface area contributed by atoms with E-state index in [2.05, 4.69) is 176 Å². The number of amides is 5. The molecule has 23 heteroatoms. The van der Waals surface area contributed by atoms with Gasteiger partial charge in [0.05, 0.1) is 76.0 Å². The topological polar surface area (TPSA) is 226 Å². The quantitative estimate of drug-likeness (QED) is 0.0152. The molecule has 15 rings (SSSR count). The fourth-order valence-electron chi connectivity index (χ4n) is 17.8. The van der Waals surface area contributed by atoms with E-state index in [1.807, 2.05) is 37.2 Å². The number of hydrogen-bond donors (Lipinski definition) is 5. The number of primary amides is 1. The number of aliphatic imine (C=N–C) groups is 1. The molecular weight excluding hydrogens is 1610 g/mol. The Morgan fingerprint density at radius 1 is 0.600 bits per heavy atom. The molecule has 6 aromatic carbocycles. The average Bonchev–Trinajstić information content (AvgIpc) is 1.24. The number of hydrogen-bond acceptors (Lipinski definition) is 13. The number of aryl methyl sites for hydroxylation is 3. The first-order chi connectivity index (χ1) is 52.0. The normalized spacial score (nSPS) is 24.4. The zero-order chi connectivity index (χ0) is 78.6. The molecule has 5 amide bonds. The number of isocyanates is 1. The van der Waals surface area contributed by atoms with Gasteiger partial charge in [-0.05, 0) is 236 Å². The van der Waals surface area contributed by atoms with Gasteiger partial charge >= 0.3 is 33.1 Å². The van der Waals surface area contributed by atoms with Crippen LogP contribution in [-0.4, -0.2) is 190 Å². The minimum absolute atomic E-state index is 0. The van der Waals surface area contributed by atoms with Crippen molar-refractivity contribution in [3.63, 3.8) is 0 Å². The summed E-state index contributed by atoms with van der Waals surface area (Å²) in [5.74, 6) is 2.17. The molecule has 110 heavy (non-hydrogen) atoms. The first kappa shape index (κ1) is 87.4. The Hall–Kier alpha value is -6.61. The maximum atomic E-state index is 13.4. The van der Waals surface area contributed by atoms with E-state index >= 15 is 0 Å². The Balaban J connectivity index is 0.000000168. The molecule has 6 N–H and O–H groups in total. The minimum atomic E-state index is -0.880. The molecule has 6 fully saturated rings. The second-order valence-corrected chi connectivity index (χ2v) is 39.1. The standard InChI is InChI=1S/C27H34N4O2.C27H32N4O.C19H28N2.C8H4N2O.C4H12O2P2.C2H7OP.Pt.H/c1-17-4-7-20-15-23-24(27(2,22(20)14-17)12-13-31(23)16-18-5-6-18)30(3)26(33)29-21-10-8-19(9-11-21)25(28)32;1-18-4-9-21-15-24-25(30(3)26(32)29-22-10-7-19(16-28)8-11-22)27(2,23(21)14-18)12-13-31(24)17-20-5-6-20;1-13-4-7-15-11-17-18(20-3)19(2,16(15)10-13)8-9-21(17)12-14-5-6-14;1-9-7-2-4-8(5-3-7)10-6-11;1-7(2)5-6-8(3)4;1-4(2)3;;/h4,7-11,14,18,23-24H,5-6,12-13,15-16H2,1-3H3,(H2,28,32)(H,29,33);4,7-11,14,20,24-25H,5-6,12-13,15,17H2,1-3H3,(H,29,32);4,7,10,14,17-18,20H,5-6,8-9,11-12H2,1-3H3;2-5H;1-4H3;3H,1-2H3;;/p+3/t23?,24-,27-;24?,25-,27-;17?,18-,19-;;;;;/m111...../s1. The first-order valence-corrected chi connectivity index (χ1v) is 46.4. The number of fused-ring (bicyclic) bond motifs is 12. The second-order valence-electron chi connectivity index (χ2n) is 33.2. The summed E-state index contributed by atoms with van der Waals surface area (Å²) in [6.45, 7) is 39.3. The van der Waals surface area contributed by atoms with Gasteiger partial charge in [-0.25, -0.2) is 19.2 Å². The summed E-state index contributed by atoms with van der Waals surface area (Å²) in [6.07, 6.45) is 16.3. The van der Waals surface area contributed by atoms with Crippen molar-refractivity contribution in [3.05, 3.63) is 200 Å². The number of likely N-dealkylation sites (N-methyl/N-ethyl adjacent to an activating group) is 3. The fraction of sp³-hybridized carbons (Fsp3) is 0.517. The maximum absolute atomic E-state index is 13.4. The van der Waals surface area contributed by atoms with Crippen molar-refractivity contribution in [3.8, 4) is 6.07 Å². The Labute approximate surface area is 673 Å². The number of nitrogens with two attached hydrogens (primary N) is 1. The van der Waals surface area contributed by atoms with Crippen LogP contribution in [0.15, 0.2) is 132 Å². The van der Waals surface area contributed by atoms with Gasteiger partial charge in [-0.2, -0.15) is 10.3 Å². The van der Waals surface area contributed by atoms with E-state index in [0.29, 0.717) is 57.8 Å². The number of urea groups is 2. The predicted molar refractivity (Wildman–Crippen MR) is 452 cm³/mol. The van der Waals surface area contributed by atoms with Crippen LogP contribution in [0.4, 0.5) is 32.3 Å². The third-order valence-electron chi connectivity index (χ3n) is 23.8. The number of piperidine rings is 3. The van der Waals surface area contributed by atoms with Crippen molar-refractivity contribution in [2.24, 2.45) is 28.5 Å². The van der Waals surface area contributed by atoms with E-state index in [1.54, 1.807) is 83.9 Å². The van der Waals surface area contributed by atoms with Gasteiger partial charge in [0.1, 0.15) is 8.15 Å². The summed E-state index contributed by atoms with van der Waals surface area (Å²) in [6, 6.07) is 45.1. The van der Waals surface area contributed by atoms with Gasteiger partial charge in [0, 0.05) is 91.1 Å². The van der Waals surface area contributed by atoms with Gasteiger partial charge in [0.15, 0.2) is 22.0 Å². The molecule has 0 aromatic heterocycles. The van der Waals surface area contributed by atoms with E-state index in [4.69, 9.17) is 31.8 Å². The zero-order valence-corrected chi connectivity index (χ0v) is 72.8. The van der Waals surface area contributed by atoms with Crippen LogP contribution in [0.5, 0.6) is 0 Å². The van der Waals surface area contributed by atoms with Crippen molar-refractivity contribution in [1.29, 1.82) is 5.26 Å². The van der Waals surface area contributed by atoms with Gasteiger partial charge in [-0.15, -0.1) is 0 Å². The fourth-order valence-corrected chi connectivity index (χ4v) is 19.1. The summed E-state index contributed by atoms with van der Waals surface area (Å²) in [5, 5.41) is 18.8. The van der Waals surface area contributed by atoms with Gasteiger partial charge in [0.25, 0.3) is 0 Å². The summed E-state index contributed by atoms with van der Waals surface area (Å²) in [5.41, 5.74) is 21.8. The van der Waals surface area contributed by atoms with Crippen LogP contribution in [-0.2, 0) is 70.7 Å². The van der Waals surface area contributed by atoms with Crippen molar-refractivity contribution < 1.29 is 54.5 Å². The van der Waals surface area contributed by atoms with E-state index in [-0.39, 0.29) is 56.0 Å². The van der Waals surface area contributed by atoms with E-state index in [0.717, 1.165) is 75.3 Å². The van der Waals surface area contributed by atoms with Gasteiger partial charge < -0.3 is 31.5 Å². The molecule has 6 aliphatic carbocycles. The summed E-state index contributed by atoms with van der Waals surface area (Å²) < 4.78 is 9.90. The monoisotopic (exact) mass is 1730 g/mol. The van der Waals surface area contributed by atoms with Crippen LogP contribution in [0, 0.1) is 56.4 Å². The zero-order valence-electron chi connectivity index (χ0n) is 67.4. The molecule has 0 spiro atoms. The molecule has 19 nitrogen and oxygen atoms in total. The number of carbonyl (C=O) groups is 3. The molecule has 3 unspecified atom stereocenters. The second kappa shape index (κ2) is 38.9. The molecule has 3 saturated heterocycles. The summed E-state index contributed by atoms with van der Waals surface area (Å²) in [7, 11) is 3.92. The summed E-state index contributed by atoms with van der Waals surface area (Å²) >= 11 is 0. The molecule has 9 atom stereocenters. The summed E-state index contributed by atoms with van der Waals surface area (Å²) in [4.78, 5) is 74.7. The van der Waals surface area contributed by atoms with Crippen LogP contribution in [0.25, 0.3) is 4.85 Å². The third-order valence-corrected chi connectivity index (χ3v) is 24.8. The molecule has 6 aromatic rings. The number of nitriles is 1. The van der Waals surface area contributed by atoms with Gasteiger partial charge in [0.2, 0.25) is 12.0 Å². The number of nitrogens with one attached hydrogen (secondary N) is 3. The van der Waals surface area contributed by atoms with Crippen LogP contribution < -0.4 is 21.7 Å². The average molecular weight is 1740 g/mol. The molecule has 9 aliphatic rings. The van der Waals surface area contributed by atoms with Crippen LogP contribution in [0.1, 0.15) is 145 Å². The van der Waals surface area contributed by atoms with E-state index in [1.165, 1.54) is 109 Å². The number of carbonyl (C=O) groups excluding carboxylic acids is 4. The molecular formula is C87H121N12O7P3Pt+3. The van der Waals surface area contributed by atoms with Crippen molar-refractivity contribution >= 4 is 71.2 Å². The van der Waals surface area contributed by atoms with Gasteiger partial charge in [-0.3, -0.25) is 24.4 Å². The number of nitrogens with zero attached hydrogens (tertiary/aromatic N) is 8. The van der Waals surface area contributed by atoms with Crippen LogP contribution in [0.3, 0.4) is 0 Å². The SMILES string of the molecule is CN[C@@H]1C2Cc3ccc(C)cc3[C@@]1(C)CCN2CC1CC1.C[PH+](C)O.C[PH+](C)OO[PH+](C)C.Cc1ccc2c(c1)[C@@]1(C)CCN(CC3CC3)C(C2)[C@H]1N(C)C(=O)Nc1ccc(C#N)cc1.Cc1ccc2c(c1)[C@@]1(C)CCN(CC3CC3)C(C2)[C@H]1N(C)C(=O)Nc1ccc(C(N)=O)cc1.[C-]#[N+]c1ccc(N=C=O)cc1.[PtH]. The molecule has 0 radical (unpaired) electrons. The number of anilines is 2. The van der Waals surface area contributed by atoms with Crippen molar-refractivity contribution in [1.82, 2.24) is 29.8 Å². The predicted octanol–water partition coefficient (Wildman–Crippen LogP) is 15.5.